The van der Waals surface area contributed by atoms with E-state index in [0.717, 1.165) is 19.6 Å². The predicted octanol–water partition coefficient (Wildman–Crippen LogP) is 1.89. The van der Waals surface area contributed by atoms with Crippen LogP contribution >= 0.6 is 0 Å². The van der Waals surface area contributed by atoms with Crippen LogP contribution in [0.4, 0.5) is 4.39 Å². The molecule has 0 spiro atoms. The third-order valence-electron chi connectivity index (χ3n) is 3.50. The fraction of sp³-hybridized carbons (Fsp3) is 0.571. The van der Waals surface area contributed by atoms with Crippen LogP contribution in [-0.4, -0.2) is 44.2 Å². The van der Waals surface area contributed by atoms with Gasteiger partial charge < -0.3 is 10.1 Å². The van der Waals surface area contributed by atoms with Crippen LogP contribution in [0.3, 0.4) is 0 Å². The highest BCUT2D eigenvalue weighted by molar-refractivity contribution is 5.23. The molecule has 0 aromatic heterocycles. The molecule has 1 aromatic rings. The lowest BCUT2D eigenvalue weighted by atomic mass is 10.1. The summed E-state index contributed by atoms with van der Waals surface area (Å²) in [4.78, 5) is 2.37. The molecule has 1 fully saturated rings. The molecular weight excluding hydrogens is 231 g/mol. The van der Waals surface area contributed by atoms with Crippen molar-refractivity contribution in [3.8, 4) is 5.75 Å². The largest absolute Gasteiger partial charge is 0.489 e. The van der Waals surface area contributed by atoms with E-state index in [1.807, 2.05) is 7.05 Å². The highest BCUT2D eigenvalue weighted by Gasteiger charge is 2.17. The lowest BCUT2D eigenvalue weighted by Crippen LogP contribution is -2.42. The molecule has 1 aromatic carbocycles. The number of hydrogen-bond acceptors (Lipinski definition) is 3. The summed E-state index contributed by atoms with van der Waals surface area (Å²) in [7, 11) is 2.02. The number of likely N-dealkylation sites (tertiary alicyclic amines) is 1. The number of nitrogens with zero attached hydrogens (tertiary/aromatic N) is 1. The van der Waals surface area contributed by atoms with Crippen LogP contribution in [0.5, 0.6) is 5.75 Å². The van der Waals surface area contributed by atoms with Gasteiger partial charge in [-0.05, 0) is 45.1 Å². The van der Waals surface area contributed by atoms with Gasteiger partial charge in [0, 0.05) is 12.6 Å². The van der Waals surface area contributed by atoms with Crippen LogP contribution < -0.4 is 10.1 Å². The average Bonchev–Trinajstić information content (AvgIpc) is 2.42. The van der Waals surface area contributed by atoms with Crippen molar-refractivity contribution in [1.29, 1.82) is 0 Å². The molecule has 1 N–H and O–H groups in total. The van der Waals surface area contributed by atoms with E-state index >= 15 is 0 Å². The molecule has 0 radical (unpaired) electrons. The van der Waals surface area contributed by atoms with E-state index in [4.69, 9.17) is 4.74 Å². The molecule has 0 saturated carbocycles. The Kier molecular flexibility index (Phi) is 4.96. The van der Waals surface area contributed by atoms with Crippen molar-refractivity contribution in [2.45, 2.75) is 18.9 Å². The van der Waals surface area contributed by atoms with Crippen molar-refractivity contribution in [3.63, 3.8) is 0 Å². The van der Waals surface area contributed by atoms with Crippen LogP contribution in [-0.2, 0) is 0 Å². The third-order valence-corrected chi connectivity index (χ3v) is 3.50. The predicted molar refractivity (Wildman–Crippen MR) is 70.4 cm³/mol. The van der Waals surface area contributed by atoms with Crippen molar-refractivity contribution in [2.24, 2.45) is 0 Å². The van der Waals surface area contributed by atoms with Gasteiger partial charge in [-0.3, -0.25) is 4.90 Å². The molecule has 0 amide bonds. The SMILES string of the molecule is CNC1CCN(CCOc2ccccc2F)CC1. The average molecular weight is 252 g/mol. The van der Waals surface area contributed by atoms with E-state index < -0.39 is 0 Å². The number of para-hydroxylation sites is 1. The highest BCUT2D eigenvalue weighted by atomic mass is 19.1. The monoisotopic (exact) mass is 252 g/mol. The van der Waals surface area contributed by atoms with Gasteiger partial charge in [-0.25, -0.2) is 4.39 Å². The van der Waals surface area contributed by atoms with Crippen LogP contribution in [0, 0.1) is 5.82 Å². The first kappa shape index (κ1) is 13.3. The maximum Gasteiger partial charge on any atom is 0.165 e. The van der Waals surface area contributed by atoms with Gasteiger partial charge in [-0.15, -0.1) is 0 Å². The topological polar surface area (TPSA) is 24.5 Å². The lowest BCUT2D eigenvalue weighted by Gasteiger charge is -2.31. The quantitative estimate of drug-likeness (QED) is 0.866. The van der Waals surface area contributed by atoms with Gasteiger partial charge in [0.25, 0.3) is 0 Å². The van der Waals surface area contributed by atoms with Crippen molar-refractivity contribution in [3.05, 3.63) is 30.1 Å². The molecule has 2 rings (SSSR count). The molecule has 0 aliphatic carbocycles. The van der Waals surface area contributed by atoms with Crippen LogP contribution in [0.25, 0.3) is 0 Å². The van der Waals surface area contributed by atoms with Crippen LogP contribution in [0.15, 0.2) is 24.3 Å². The third kappa shape index (κ3) is 3.68. The van der Waals surface area contributed by atoms with Crippen molar-refractivity contribution >= 4 is 0 Å². The Morgan fingerprint density at radius 3 is 2.72 bits per heavy atom. The fourth-order valence-corrected chi connectivity index (χ4v) is 2.29. The van der Waals surface area contributed by atoms with Crippen LogP contribution in [0.1, 0.15) is 12.8 Å². The highest BCUT2D eigenvalue weighted by Crippen LogP contribution is 2.15. The molecule has 1 aliphatic heterocycles. The second kappa shape index (κ2) is 6.71. The molecule has 100 valence electrons. The molecule has 0 unspecified atom stereocenters. The van der Waals surface area contributed by atoms with Gasteiger partial charge in [0.05, 0.1) is 0 Å². The van der Waals surface area contributed by atoms with Crippen molar-refractivity contribution in [1.82, 2.24) is 10.2 Å². The number of nitrogens with one attached hydrogen (secondary N) is 1. The number of benzene rings is 1. The minimum Gasteiger partial charge on any atom is -0.489 e. The second-order valence-corrected chi connectivity index (χ2v) is 4.68. The summed E-state index contributed by atoms with van der Waals surface area (Å²) in [5, 5.41) is 3.31. The van der Waals surface area contributed by atoms with Gasteiger partial charge >= 0.3 is 0 Å². The molecular formula is C14H21FN2O. The zero-order chi connectivity index (χ0) is 12.8. The lowest BCUT2D eigenvalue weighted by molar-refractivity contribution is 0.165. The maximum atomic E-state index is 13.3. The summed E-state index contributed by atoms with van der Waals surface area (Å²) in [5.74, 6) is 0.0639. The Hall–Kier alpha value is -1.13. The summed E-state index contributed by atoms with van der Waals surface area (Å²) in [6.45, 7) is 3.59. The summed E-state index contributed by atoms with van der Waals surface area (Å²) >= 11 is 0. The Labute approximate surface area is 108 Å². The zero-order valence-electron chi connectivity index (χ0n) is 10.9. The molecule has 4 heteroatoms. The first-order chi connectivity index (χ1) is 8.79. The normalized spacial score (nSPS) is 17.9. The molecule has 1 saturated heterocycles. The van der Waals surface area contributed by atoms with Gasteiger partial charge in [-0.2, -0.15) is 0 Å². The Morgan fingerprint density at radius 2 is 2.06 bits per heavy atom. The van der Waals surface area contributed by atoms with Crippen LogP contribution in [0.2, 0.25) is 0 Å². The Balaban J connectivity index is 1.69. The molecule has 1 aliphatic rings. The summed E-state index contributed by atoms with van der Waals surface area (Å²) in [6, 6.07) is 7.20. The van der Waals surface area contributed by atoms with Gasteiger partial charge in [0.15, 0.2) is 11.6 Å². The van der Waals surface area contributed by atoms with Gasteiger partial charge in [0.1, 0.15) is 6.61 Å². The summed E-state index contributed by atoms with van der Waals surface area (Å²) in [5.41, 5.74) is 0. The van der Waals surface area contributed by atoms with E-state index in [-0.39, 0.29) is 5.82 Å². The molecule has 1 heterocycles. The first-order valence-corrected chi connectivity index (χ1v) is 6.56. The number of hydrogen-bond donors (Lipinski definition) is 1. The van der Waals surface area contributed by atoms with E-state index in [1.165, 1.54) is 18.9 Å². The van der Waals surface area contributed by atoms with E-state index in [9.17, 15) is 4.39 Å². The smallest absolute Gasteiger partial charge is 0.165 e. The molecule has 0 bridgehead atoms. The number of piperidine rings is 1. The number of rotatable bonds is 5. The molecule has 18 heavy (non-hydrogen) atoms. The second-order valence-electron chi connectivity index (χ2n) is 4.68. The fourth-order valence-electron chi connectivity index (χ4n) is 2.29. The molecule has 3 nitrogen and oxygen atoms in total. The molecule has 0 atom stereocenters. The van der Waals surface area contributed by atoms with E-state index in [2.05, 4.69) is 10.2 Å². The summed E-state index contributed by atoms with van der Waals surface area (Å²) in [6.07, 6.45) is 2.35. The maximum absolute atomic E-state index is 13.3. The van der Waals surface area contributed by atoms with E-state index in [1.54, 1.807) is 18.2 Å². The first-order valence-electron chi connectivity index (χ1n) is 6.56. The minimum atomic E-state index is -0.286. The Bertz CT molecular complexity index is 365. The van der Waals surface area contributed by atoms with Gasteiger partial charge in [-0.1, -0.05) is 12.1 Å². The minimum absolute atomic E-state index is 0.286. The van der Waals surface area contributed by atoms with Gasteiger partial charge in [0.2, 0.25) is 0 Å². The van der Waals surface area contributed by atoms with E-state index in [0.29, 0.717) is 18.4 Å². The Morgan fingerprint density at radius 1 is 1.33 bits per heavy atom. The van der Waals surface area contributed by atoms with Crippen molar-refractivity contribution < 1.29 is 9.13 Å². The zero-order valence-corrected chi connectivity index (χ0v) is 10.9. The standard InChI is InChI=1S/C14H21FN2O/c1-16-12-6-8-17(9-7-12)10-11-18-14-5-3-2-4-13(14)15/h2-5,12,16H,6-11H2,1H3. The van der Waals surface area contributed by atoms with Crippen molar-refractivity contribution in [2.75, 3.05) is 33.3 Å². The number of halogens is 1. The number of ether oxygens (including phenoxy) is 1. The summed E-state index contributed by atoms with van der Waals surface area (Å²) < 4.78 is 18.8.